The first kappa shape index (κ1) is 14.4. The second-order valence-corrected chi connectivity index (χ2v) is 5.35. The van der Waals surface area contributed by atoms with E-state index >= 15 is 0 Å². The third-order valence-electron chi connectivity index (χ3n) is 3.76. The summed E-state index contributed by atoms with van der Waals surface area (Å²) in [4.78, 5) is 4.72. The smallest absolute Gasteiger partial charge is 0.109 e. The van der Waals surface area contributed by atoms with E-state index < -0.39 is 0 Å². The Morgan fingerprint density at radius 2 is 1.67 bits per heavy atom. The molecule has 5 nitrogen and oxygen atoms in total. The third kappa shape index (κ3) is 2.49. The number of para-hydroxylation sites is 2. The van der Waals surface area contributed by atoms with Gasteiger partial charge in [-0.1, -0.05) is 47.5 Å². The maximum Gasteiger partial charge on any atom is 0.109 e. The van der Waals surface area contributed by atoms with E-state index in [1.165, 1.54) is 0 Å². The van der Waals surface area contributed by atoms with Crippen LogP contribution in [0, 0.1) is 12.3 Å². The van der Waals surface area contributed by atoms with Crippen molar-refractivity contribution in [2.75, 3.05) is 6.61 Å². The number of fused-ring (bicyclic) bond motifs is 2. The molecule has 2 aromatic heterocycles. The molecule has 0 fully saturated rings. The van der Waals surface area contributed by atoms with E-state index in [2.05, 4.69) is 16.2 Å². The summed E-state index contributed by atoms with van der Waals surface area (Å²) in [5.74, 6) is 2.44. The molecule has 0 unspecified atom stereocenters. The van der Waals surface area contributed by atoms with Crippen LogP contribution in [0.5, 0.6) is 0 Å². The monoisotopic (exact) mass is 314 g/mol. The van der Waals surface area contributed by atoms with Gasteiger partial charge in [-0.25, -0.2) is 9.67 Å². The molecule has 2 heterocycles. The molecule has 2 aromatic carbocycles. The highest BCUT2D eigenvalue weighted by molar-refractivity contribution is 6.02. The Bertz CT molecular complexity index is 1010. The summed E-state index contributed by atoms with van der Waals surface area (Å²) < 4.78 is 7.11. The van der Waals surface area contributed by atoms with E-state index in [1.54, 1.807) is 4.68 Å². The van der Waals surface area contributed by atoms with Crippen LogP contribution in [0.4, 0.5) is 0 Å². The van der Waals surface area contributed by atoms with Crippen molar-refractivity contribution in [3.63, 3.8) is 0 Å². The number of benzene rings is 2. The van der Waals surface area contributed by atoms with Gasteiger partial charge in [-0.2, -0.15) is 0 Å². The number of rotatable bonds is 4. The van der Waals surface area contributed by atoms with Crippen molar-refractivity contribution in [1.82, 2.24) is 20.0 Å². The molecule has 4 rings (SSSR count). The van der Waals surface area contributed by atoms with Crippen molar-refractivity contribution in [2.45, 2.75) is 6.61 Å². The topological polar surface area (TPSA) is 52.8 Å². The zero-order valence-electron chi connectivity index (χ0n) is 12.9. The van der Waals surface area contributed by atoms with E-state index in [0.29, 0.717) is 6.61 Å². The molecule has 0 atom stereocenters. The van der Waals surface area contributed by atoms with Crippen molar-refractivity contribution in [3.05, 3.63) is 60.4 Å². The van der Waals surface area contributed by atoms with Gasteiger partial charge in [-0.05, 0) is 12.1 Å². The molecule has 0 N–H and O–H groups in total. The van der Waals surface area contributed by atoms with Crippen LogP contribution in [0.3, 0.4) is 0 Å². The summed E-state index contributed by atoms with van der Waals surface area (Å²) in [5, 5.41) is 10.5. The van der Waals surface area contributed by atoms with Gasteiger partial charge in [-0.3, -0.25) is 0 Å². The van der Waals surface area contributed by atoms with Gasteiger partial charge in [-0.15, -0.1) is 11.5 Å². The predicted octanol–water partition coefficient (Wildman–Crippen LogP) is 3.12. The SMILES string of the molecule is C#CCOCc1cn(-c2c3ccccc3nc3ccccc23)nn1. The largest absolute Gasteiger partial charge is 0.362 e. The highest BCUT2D eigenvalue weighted by Gasteiger charge is 2.12. The highest BCUT2D eigenvalue weighted by Crippen LogP contribution is 2.28. The molecule has 0 bridgehead atoms. The summed E-state index contributed by atoms with van der Waals surface area (Å²) in [6.07, 6.45) is 7.06. The molecule has 0 amide bonds. The van der Waals surface area contributed by atoms with Crippen LogP contribution in [0.2, 0.25) is 0 Å². The van der Waals surface area contributed by atoms with Crippen molar-refractivity contribution in [1.29, 1.82) is 0 Å². The molecule has 24 heavy (non-hydrogen) atoms. The fourth-order valence-corrected chi connectivity index (χ4v) is 2.75. The Labute approximate surface area is 138 Å². The first-order chi connectivity index (χ1) is 11.9. The molecule has 0 saturated carbocycles. The Balaban J connectivity index is 1.89. The lowest BCUT2D eigenvalue weighted by Crippen LogP contribution is -1.99. The highest BCUT2D eigenvalue weighted by atomic mass is 16.5. The van der Waals surface area contributed by atoms with E-state index in [4.69, 9.17) is 16.1 Å². The normalized spacial score (nSPS) is 11.0. The molecule has 0 radical (unpaired) electrons. The molecule has 0 saturated heterocycles. The third-order valence-corrected chi connectivity index (χ3v) is 3.76. The van der Waals surface area contributed by atoms with Gasteiger partial charge in [0.1, 0.15) is 12.3 Å². The second-order valence-electron chi connectivity index (χ2n) is 5.35. The van der Waals surface area contributed by atoms with Crippen LogP contribution in [-0.2, 0) is 11.3 Å². The summed E-state index contributed by atoms with van der Waals surface area (Å²) in [6.45, 7) is 0.596. The Hall–Kier alpha value is -3.23. The van der Waals surface area contributed by atoms with Gasteiger partial charge < -0.3 is 4.74 Å². The zero-order chi connectivity index (χ0) is 16.4. The van der Waals surface area contributed by atoms with Crippen LogP contribution in [0.25, 0.3) is 27.5 Å². The van der Waals surface area contributed by atoms with E-state index in [0.717, 1.165) is 33.2 Å². The van der Waals surface area contributed by atoms with Gasteiger partial charge in [0.15, 0.2) is 0 Å². The number of terminal acetylenes is 1. The minimum absolute atomic E-state index is 0.258. The zero-order valence-corrected chi connectivity index (χ0v) is 12.9. The van der Waals surface area contributed by atoms with Gasteiger partial charge in [0.25, 0.3) is 0 Å². The quantitative estimate of drug-likeness (QED) is 0.330. The molecule has 0 aliphatic heterocycles. The Morgan fingerprint density at radius 1 is 1.00 bits per heavy atom. The maximum atomic E-state index is 5.33. The lowest BCUT2D eigenvalue weighted by Gasteiger charge is -2.10. The first-order valence-electron chi connectivity index (χ1n) is 7.57. The van der Waals surface area contributed by atoms with Gasteiger partial charge in [0.05, 0.1) is 29.5 Å². The summed E-state index contributed by atoms with van der Waals surface area (Å²) in [5.41, 5.74) is 3.54. The van der Waals surface area contributed by atoms with Crippen LogP contribution in [0.1, 0.15) is 5.69 Å². The maximum absolute atomic E-state index is 5.33. The molecule has 0 spiro atoms. The lowest BCUT2D eigenvalue weighted by molar-refractivity contribution is 0.150. The van der Waals surface area contributed by atoms with Gasteiger partial charge in [0, 0.05) is 10.8 Å². The molecular weight excluding hydrogens is 300 g/mol. The molecule has 5 heteroatoms. The van der Waals surface area contributed by atoms with E-state index in [-0.39, 0.29) is 6.61 Å². The number of hydrogen-bond donors (Lipinski definition) is 0. The van der Waals surface area contributed by atoms with Gasteiger partial charge in [0.2, 0.25) is 0 Å². The molecule has 0 aliphatic carbocycles. The number of nitrogens with zero attached hydrogens (tertiary/aromatic N) is 4. The van der Waals surface area contributed by atoms with Crippen LogP contribution in [-0.4, -0.2) is 26.6 Å². The van der Waals surface area contributed by atoms with E-state index in [9.17, 15) is 0 Å². The van der Waals surface area contributed by atoms with Gasteiger partial charge >= 0.3 is 0 Å². The fraction of sp³-hybridized carbons (Fsp3) is 0.105. The molecule has 116 valence electrons. The van der Waals surface area contributed by atoms with Crippen LogP contribution >= 0.6 is 0 Å². The molecule has 4 aromatic rings. The molecular formula is C19H14N4O. The Kier molecular flexibility index (Phi) is 3.66. The number of hydrogen-bond acceptors (Lipinski definition) is 4. The summed E-state index contributed by atoms with van der Waals surface area (Å²) in [7, 11) is 0. The average Bonchev–Trinajstić information content (AvgIpc) is 3.08. The standard InChI is InChI=1S/C19H14N4O/c1-2-11-24-13-14-12-23(22-21-14)19-15-7-3-5-9-17(15)20-18-10-6-4-8-16(18)19/h1,3-10,12H,11,13H2. The second kappa shape index (κ2) is 6.11. The minimum atomic E-state index is 0.258. The lowest BCUT2D eigenvalue weighted by atomic mass is 10.1. The summed E-state index contributed by atoms with van der Waals surface area (Å²) >= 11 is 0. The average molecular weight is 314 g/mol. The van der Waals surface area contributed by atoms with E-state index in [1.807, 2.05) is 54.7 Å². The van der Waals surface area contributed by atoms with Crippen molar-refractivity contribution in [2.24, 2.45) is 0 Å². The fourth-order valence-electron chi connectivity index (χ4n) is 2.75. The number of ether oxygens (including phenoxy) is 1. The number of pyridine rings is 1. The van der Waals surface area contributed by atoms with Crippen molar-refractivity contribution >= 4 is 21.8 Å². The first-order valence-corrected chi connectivity index (χ1v) is 7.57. The summed E-state index contributed by atoms with van der Waals surface area (Å²) in [6, 6.07) is 16.0. The Morgan fingerprint density at radius 3 is 2.33 bits per heavy atom. The van der Waals surface area contributed by atoms with Crippen LogP contribution in [0.15, 0.2) is 54.7 Å². The van der Waals surface area contributed by atoms with Crippen molar-refractivity contribution < 1.29 is 4.74 Å². The minimum Gasteiger partial charge on any atom is -0.362 e. The number of aromatic nitrogens is 4. The predicted molar refractivity (Wildman–Crippen MR) is 92.7 cm³/mol. The van der Waals surface area contributed by atoms with Crippen LogP contribution < -0.4 is 0 Å². The molecule has 0 aliphatic rings. The van der Waals surface area contributed by atoms with Crippen molar-refractivity contribution in [3.8, 4) is 18.0 Å².